The summed E-state index contributed by atoms with van der Waals surface area (Å²) in [4.78, 5) is 45.2. The number of nitrogens with zero attached hydrogens (tertiary/aromatic N) is 4. The summed E-state index contributed by atoms with van der Waals surface area (Å²) in [5.74, 6) is -2.67. The van der Waals surface area contributed by atoms with Gasteiger partial charge in [0.25, 0.3) is 0 Å². The molecule has 6 bridgehead atoms. The van der Waals surface area contributed by atoms with Crippen LogP contribution >= 0.6 is 11.6 Å². The van der Waals surface area contributed by atoms with Crippen molar-refractivity contribution in [3.8, 4) is 0 Å². The second kappa shape index (κ2) is 12.3. The van der Waals surface area contributed by atoms with Gasteiger partial charge >= 0.3 is 17.9 Å². The summed E-state index contributed by atoms with van der Waals surface area (Å²) < 4.78 is 44.1. The van der Waals surface area contributed by atoms with Crippen molar-refractivity contribution in [1.29, 1.82) is 0 Å². The van der Waals surface area contributed by atoms with Crippen LogP contribution in [0.3, 0.4) is 0 Å². The van der Waals surface area contributed by atoms with E-state index in [1.165, 1.54) is 10.8 Å². The number of nitrogens with one attached hydrogen (secondary N) is 2. The molecule has 0 unspecified atom stereocenters. The number of fused-ring (bicyclic) bond motifs is 8. The van der Waals surface area contributed by atoms with E-state index in [4.69, 9.17) is 30.7 Å². The molecule has 6 rings (SSSR count). The fourth-order valence-corrected chi connectivity index (χ4v) is 4.69. The Bertz CT molecular complexity index is 1730. The van der Waals surface area contributed by atoms with Crippen molar-refractivity contribution in [2.24, 2.45) is 0 Å². The average molecular weight is 621 g/mol. The van der Waals surface area contributed by atoms with Gasteiger partial charge in [-0.1, -0.05) is 23.7 Å². The Labute approximate surface area is 246 Å². The molecule has 4 heterocycles. The quantitative estimate of drug-likeness (QED) is 0.298. The van der Waals surface area contributed by atoms with E-state index in [1.54, 1.807) is 11.0 Å². The monoisotopic (exact) mass is 620 g/mol. The van der Waals surface area contributed by atoms with Gasteiger partial charge in [-0.2, -0.15) is 18.2 Å². The summed E-state index contributed by atoms with van der Waals surface area (Å²) in [5.41, 5.74) is 4.48. The van der Waals surface area contributed by atoms with Crippen LogP contribution in [0.4, 0.5) is 36.3 Å². The standard InChI is InChI=1S/C25H23ClN6O4.C2HF3O2/c26-19-13-27-24-29-17-3-1-2-15(10-17)4-5-16-11-18(28-23(19)30-24)12-20-22(16)36-25(34)32(20)14-21(33)31-6-8-35-9-7-31;3-2(4,5)1(6)7/h1-3,10-13H,4-9,14H2,(H2,27,28,29,30);(H,6,7). The number of carboxylic acids is 1. The number of amides is 1. The van der Waals surface area contributed by atoms with Crippen LogP contribution in [-0.4, -0.2) is 68.9 Å². The lowest BCUT2D eigenvalue weighted by molar-refractivity contribution is -0.192. The van der Waals surface area contributed by atoms with Gasteiger partial charge in [0.15, 0.2) is 11.4 Å². The molecule has 1 fully saturated rings. The van der Waals surface area contributed by atoms with E-state index >= 15 is 0 Å². The molecular weight excluding hydrogens is 597 g/mol. The predicted molar refractivity (Wildman–Crippen MR) is 149 cm³/mol. The summed E-state index contributed by atoms with van der Waals surface area (Å²) in [6.45, 7) is 1.87. The summed E-state index contributed by atoms with van der Waals surface area (Å²) in [7, 11) is 0. The number of carbonyl (C=O) groups is 2. The van der Waals surface area contributed by atoms with Crippen molar-refractivity contribution >= 4 is 57.7 Å². The molecule has 12 nitrogen and oxygen atoms in total. The maximum absolute atomic E-state index is 12.9. The van der Waals surface area contributed by atoms with Crippen molar-refractivity contribution in [3.05, 3.63) is 69.3 Å². The van der Waals surface area contributed by atoms with Crippen LogP contribution in [0.5, 0.6) is 0 Å². The van der Waals surface area contributed by atoms with Gasteiger partial charge in [0.05, 0.1) is 24.9 Å². The van der Waals surface area contributed by atoms with Gasteiger partial charge in [0.1, 0.15) is 11.6 Å². The zero-order valence-electron chi connectivity index (χ0n) is 22.3. The van der Waals surface area contributed by atoms with Crippen LogP contribution in [0.2, 0.25) is 5.02 Å². The Kier molecular flexibility index (Phi) is 8.54. The number of rotatable bonds is 2. The van der Waals surface area contributed by atoms with Crippen LogP contribution < -0.4 is 16.4 Å². The van der Waals surface area contributed by atoms with E-state index in [-0.39, 0.29) is 12.5 Å². The maximum atomic E-state index is 12.9. The van der Waals surface area contributed by atoms with Crippen molar-refractivity contribution in [2.45, 2.75) is 25.6 Å². The largest absolute Gasteiger partial charge is 0.490 e. The number of hydrogen-bond donors (Lipinski definition) is 3. The minimum absolute atomic E-state index is 0.112. The number of halogens is 4. The molecule has 0 saturated carbocycles. The second-order valence-corrected chi connectivity index (χ2v) is 9.98. The van der Waals surface area contributed by atoms with Crippen molar-refractivity contribution in [2.75, 3.05) is 36.9 Å². The lowest BCUT2D eigenvalue weighted by Gasteiger charge is -2.26. The van der Waals surface area contributed by atoms with Gasteiger partial charge in [-0.25, -0.2) is 14.6 Å². The molecule has 0 aliphatic carbocycles. The fourth-order valence-electron chi connectivity index (χ4n) is 4.55. The molecule has 0 spiro atoms. The van der Waals surface area contributed by atoms with E-state index in [2.05, 4.69) is 20.6 Å². The fraction of sp³-hybridized carbons (Fsp3) is 0.296. The van der Waals surface area contributed by atoms with Crippen LogP contribution in [0.15, 0.2) is 51.8 Å². The molecule has 4 aromatic rings. The third-order valence-corrected chi connectivity index (χ3v) is 6.90. The van der Waals surface area contributed by atoms with Crippen molar-refractivity contribution in [1.82, 2.24) is 19.4 Å². The van der Waals surface area contributed by atoms with Crippen LogP contribution in [0, 0.1) is 0 Å². The number of benzene rings is 2. The molecule has 1 saturated heterocycles. The number of aromatic nitrogens is 3. The Balaban J connectivity index is 0.000000472. The minimum atomic E-state index is -5.08. The molecule has 2 aliphatic rings. The first-order valence-electron chi connectivity index (χ1n) is 13.0. The molecule has 16 heteroatoms. The molecule has 2 aromatic heterocycles. The van der Waals surface area contributed by atoms with Gasteiger partial charge in [-0.05, 0) is 48.2 Å². The Morgan fingerprint density at radius 1 is 1.07 bits per heavy atom. The van der Waals surface area contributed by atoms with E-state index in [1.807, 2.05) is 30.3 Å². The van der Waals surface area contributed by atoms with Crippen molar-refractivity contribution < 1.29 is 37.0 Å². The predicted octanol–water partition coefficient (Wildman–Crippen LogP) is 4.12. The number of ether oxygens (including phenoxy) is 1. The lowest BCUT2D eigenvalue weighted by atomic mass is 10.0. The number of alkyl halides is 3. The first-order valence-corrected chi connectivity index (χ1v) is 13.3. The third-order valence-electron chi connectivity index (χ3n) is 6.62. The molecule has 1 amide bonds. The summed E-state index contributed by atoms with van der Waals surface area (Å²) in [6.07, 6.45) is -2.22. The molecule has 226 valence electrons. The van der Waals surface area contributed by atoms with E-state index in [0.717, 1.165) is 23.2 Å². The van der Waals surface area contributed by atoms with Gasteiger partial charge in [-0.15, -0.1) is 0 Å². The van der Waals surface area contributed by atoms with E-state index < -0.39 is 17.9 Å². The summed E-state index contributed by atoms with van der Waals surface area (Å²) in [6, 6.07) is 11.7. The Hall–Kier alpha value is -4.63. The molecular formula is C27H24ClF3N6O6. The number of morpholine rings is 1. The Morgan fingerprint density at radius 3 is 2.53 bits per heavy atom. The molecule has 3 N–H and O–H groups in total. The van der Waals surface area contributed by atoms with Gasteiger partial charge in [-0.3, -0.25) is 9.36 Å². The normalized spacial score (nSPS) is 14.7. The first kappa shape index (κ1) is 29.8. The first-order chi connectivity index (χ1) is 20.5. The molecule has 2 aromatic carbocycles. The molecule has 0 atom stereocenters. The highest BCUT2D eigenvalue weighted by molar-refractivity contribution is 6.32. The SMILES string of the molecule is O=C(Cn1c(=O)oc2c3cc(cc21)Nc1nc(ncc1Cl)Nc1cccc(c1)CC3)N1CCOCC1.O=C(O)C(F)(F)F. The van der Waals surface area contributed by atoms with Crippen molar-refractivity contribution in [3.63, 3.8) is 0 Å². The Morgan fingerprint density at radius 2 is 1.81 bits per heavy atom. The second-order valence-electron chi connectivity index (χ2n) is 9.57. The van der Waals surface area contributed by atoms with Crippen LogP contribution in [-0.2, 0) is 33.7 Å². The highest BCUT2D eigenvalue weighted by Crippen LogP contribution is 2.31. The molecule has 43 heavy (non-hydrogen) atoms. The van der Waals surface area contributed by atoms with Crippen LogP contribution in [0.1, 0.15) is 11.1 Å². The maximum Gasteiger partial charge on any atom is 0.490 e. The number of aryl methyl sites for hydroxylation is 2. The number of oxazole rings is 1. The highest BCUT2D eigenvalue weighted by atomic mass is 35.5. The van der Waals surface area contributed by atoms with E-state index in [9.17, 15) is 22.8 Å². The number of carbonyl (C=O) groups excluding carboxylic acids is 1. The smallest absolute Gasteiger partial charge is 0.475 e. The number of hydrogen-bond acceptors (Lipinski definition) is 9. The van der Waals surface area contributed by atoms with Gasteiger partial charge in [0, 0.05) is 24.5 Å². The highest BCUT2D eigenvalue weighted by Gasteiger charge is 2.38. The lowest BCUT2D eigenvalue weighted by Crippen LogP contribution is -2.43. The minimum Gasteiger partial charge on any atom is -0.475 e. The molecule has 0 radical (unpaired) electrons. The summed E-state index contributed by atoms with van der Waals surface area (Å²) >= 11 is 6.39. The average Bonchev–Trinajstić information content (AvgIpc) is 3.28. The number of aliphatic carboxylic acids is 1. The number of anilines is 4. The topological polar surface area (TPSA) is 152 Å². The van der Waals surface area contributed by atoms with Crippen LogP contribution in [0.25, 0.3) is 11.1 Å². The summed E-state index contributed by atoms with van der Waals surface area (Å²) in [5, 5.41) is 13.9. The van der Waals surface area contributed by atoms with E-state index in [0.29, 0.717) is 66.3 Å². The van der Waals surface area contributed by atoms with Gasteiger partial charge in [0.2, 0.25) is 11.9 Å². The van der Waals surface area contributed by atoms with Gasteiger partial charge < -0.3 is 29.8 Å². The number of carboxylic acid groups (broad SMARTS) is 1. The third kappa shape index (κ3) is 7.06. The molecule has 2 aliphatic heterocycles. The zero-order valence-corrected chi connectivity index (χ0v) is 23.0. The zero-order chi connectivity index (χ0) is 30.7.